The third-order valence-electron chi connectivity index (χ3n) is 6.57. The lowest BCUT2D eigenvalue weighted by atomic mass is 9.99. The van der Waals surface area contributed by atoms with Crippen LogP contribution in [0.1, 0.15) is 52.4 Å². The Morgan fingerprint density at radius 2 is 2.00 bits per heavy atom. The topological polar surface area (TPSA) is 75.1 Å². The molecule has 2 saturated carbocycles. The van der Waals surface area contributed by atoms with E-state index < -0.39 is 0 Å². The zero-order chi connectivity index (χ0) is 21.5. The van der Waals surface area contributed by atoms with Crippen molar-refractivity contribution in [1.82, 2.24) is 14.9 Å². The lowest BCUT2D eigenvalue weighted by molar-refractivity contribution is 0.0317. The molecular formula is C23H38N6O2. The lowest BCUT2D eigenvalue weighted by Gasteiger charge is -2.26. The molecule has 31 heavy (non-hydrogen) atoms. The summed E-state index contributed by atoms with van der Waals surface area (Å²) in [6.07, 6.45) is 7.25. The van der Waals surface area contributed by atoms with Crippen LogP contribution >= 0.6 is 0 Å². The number of aromatic nitrogens is 2. The number of morpholine rings is 1. The zero-order valence-electron chi connectivity index (χ0n) is 19.2. The largest absolute Gasteiger partial charge is 0.462 e. The van der Waals surface area contributed by atoms with Crippen molar-refractivity contribution in [3.8, 4) is 6.01 Å². The average molecular weight is 431 g/mol. The Labute approximate surface area is 186 Å². The molecule has 2 atom stereocenters. The highest BCUT2D eigenvalue weighted by Gasteiger charge is 2.36. The third-order valence-corrected chi connectivity index (χ3v) is 6.57. The van der Waals surface area contributed by atoms with Gasteiger partial charge in [-0.15, -0.1) is 0 Å². The maximum Gasteiger partial charge on any atom is 0.320 e. The van der Waals surface area contributed by atoms with Crippen molar-refractivity contribution in [3.05, 3.63) is 6.07 Å². The SMILES string of the molecule is CCCN(CCC)c1cc(N/N=C2/CC3CCC2C3)nc(OCCN2CCOCC2)n1. The van der Waals surface area contributed by atoms with Crippen LogP contribution in [0.2, 0.25) is 0 Å². The predicted molar refractivity (Wildman–Crippen MR) is 124 cm³/mol. The van der Waals surface area contributed by atoms with Crippen LogP contribution in [0.3, 0.4) is 0 Å². The number of fused-ring (bicyclic) bond motifs is 2. The summed E-state index contributed by atoms with van der Waals surface area (Å²) in [5, 5.41) is 4.74. The molecule has 3 fully saturated rings. The van der Waals surface area contributed by atoms with Gasteiger partial charge in [0.25, 0.3) is 0 Å². The normalized spacial score (nSPS) is 24.6. The minimum atomic E-state index is 0.429. The summed E-state index contributed by atoms with van der Waals surface area (Å²) in [7, 11) is 0. The van der Waals surface area contributed by atoms with Gasteiger partial charge in [-0.1, -0.05) is 13.8 Å². The summed E-state index contributed by atoms with van der Waals surface area (Å²) in [5.41, 5.74) is 4.54. The summed E-state index contributed by atoms with van der Waals surface area (Å²) in [4.78, 5) is 14.0. The van der Waals surface area contributed by atoms with Gasteiger partial charge >= 0.3 is 6.01 Å². The van der Waals surface area contributed by atoms with Gasteiger partial charge in [0.15, 0.2) is 5.82 Å². The van der Waals surface area contributed by atoms with Crippen LogP contribution in [0.5, 0.6) is 6.01 Å². The third kappa shape index (κ3) is 6.07. The average Bonchev–Trinajstić information content (AvgIpc) is 3.42. The first-order chi connectivity index (χ1) is 15.2. The fraction of sp³-hybridized carbons (Fsp3) is 0.783. The molecule has 3 aliphatic rings. The van der Waals surface area contributed by atoms with E-state index in [1.165, 1.54) is 25.0 Å². The molecule has 4 rings (SSSR count). The molecule has 0 amide bonds. The van der Waals surface area contributed by atoms with Crippen LogP contribution in [0, 0.1) is 11.8 Å². The maximum atomic E-state index is 6.00. The highest BCUT2D eigenvalue weighted by atomic mass is 16.5. The number of nitrogens with zero attached hydrogens (tertiary/aromatic N) is 5. The van der Waals surface area contributed by atoms with Crippen molar-refractivity contribution < 1.29 is 9.47 Å². The quantitative estimate of drug-likeness (QED) is 0.539. The van der Waals surface area contributed by atoms with Gasteiger partial charge in [-0.25, -0.2) is 0 Å². The van der Waals surface area contributed by atoms with E-state index in [9.17, 15) is 0 Å². The standard InChI is InChI=1S/C23H38N6O2/c1-3-7-29(8-4-2)22-17-21(27-26-20-16-18-5-6-19(20)15-18)24-23(25-22)31-14-11-28-9-12-30-13-10-28/h17-19H,3-16H2,1-2H3,(H,24,25,27)/b26-20-. The summed E-state index contributed by atoms with van der Waals surface area (Å²) in [6, 6.07) is 2.44. The van der Waals surface area contributed by atoms with Crippen LogP contribution in [0.15, 0.2) is 11.2 Å². The molecule has 1 saturated heterocycles. The van der Waals surface area contributed by atoms with E-state index in [-0.39, 0.29) is 0 Å². The van der Waals surface area contributed by atoms with Crippen LogP contribution in [0.4, 0.5) is 11.6 Å². The summed E-state index contributed by atoms with van der Waals surface area (Å²) < 4.78 is 11.4. The van der Waals surface area contributed by atoms with Gasteiger partial charge in [0.2, 0.25) is 0 Å². The summed E-state index contributed by atoms with van der Waals surface area (Å²) in [5.74, 6) is 3.14. The Balaban J connectivity index is 1.45. The van der Waals surface area contributed by atoms with Crippen molar-refractivity contribution in [2.75, 3.05) is 62.9 Å². The fourth-order valence-corrected chi connectivity index (χ4v) is 4.96. The first kappa shape index (κ1) is 22.3. The molecule has 1 N–H and O–H groups in total. The number of anilines is 2. The number of hydrogen-bond acceptors (Lipinski definition) is 8. The van der Waals surface area contributed by atoms with Gasteiger partial charge in [0.1, 0.15) is 12.4 Å². The van der Waals surface area contributed by atoms with E-state index in [1.807, 2.05) is 6.07 Å². The lowest BCUT2D eigenvalue weighted by Crippen LogP contribution is -2.38. The van der Waals surface area contributed by atoms with Gasteiger partial charge in [-0.2, -0.15) is 15.1 Å². The van der Waals surface area contributed by atoms with E-state index in [1.54, 1.807) is 0 Å². The van der Waals surface area contributed by atoms with E-state index in [0.717, 1.165) is 82.8 Å². The van der Waals surface area contributed by atoms with E-state index in [0.29, 0.717) is 18.5 Å². The van der Waals surface area contributed by atoms with E-state index >= 15 is 0 Å². The summed E-state index contributed by atoms with van der Waals surface area (Å²) >= 11 is 0. The maximum absolute atomic E-state index is 6.00. The molecule has 8 nitrogen and oxygen atoms in total. The molecule has 1 aliphatic heterocycles. The Kier molecular flexibility index (Phi) is 7.97. The molecule has 2 unspecified atom stereocenters. The predicted octanol–water partition coefficient (Wildman–Crippen LogP) is 3.40. The van der Waals surface area contributed by atoms with Gasteiger partial charge < -0.3 is 14.4 Å². The molecular weight excluding hydrogens is 392 g/mol. The second-order valence-corrected chi connectivity index (χ2v) is 8.98. The first-order valence-electron chi connectivity index (χ1n) is 12.1. The summed E-state index contributed by atoms with van der Waals surface area (Å²) in [6.45, 7) is 11.3. The second-order valence-electron chi connectivity index (χ2n) is 8.98. The molecule has 2 bridgehead atoms. The molecule has 1 aromatic rings. The van der Waals surface area contributed by atoms with Crippen molar-refractivity contribution in [2.45, 2.75) is 52.4 Å². The van der Waals surface area contributed by atoms with Gasteiger partial charge in [0, 0.05) is 44.5 Å². The van der Waals surface area contributed by atoms with Crippen molar-refractivity contribution in [2.24, 2.45) is 16.9 Å². The Bertz CT molecular complexity index is 731. The smallest absolute Gasteiger partial charge is 0.320 e. The van der Waals surface area contributed by atoms with Crippen LogP contribution in [-0.4, -0.2) is 73.1 Å². The zero-order valence-corrected chi connectivity index (χ0v) is 19.2. The van der Waals surface area contributed by atoms with Crippen molar-refractivity contribution >= 4 is 17.3 Å². The van der Waals surface area contributed by atoms with Crippen LogP contribution < -0.4 is 15.1 Å². The van der Waals surface area contributed by atoms with Crippen molar-refractivity contribution in [3.63, 3.8) is 0 Å². The highest BCUT2D eigenvalue weighted by molar-refractivity contribution is 5.90. The molecule has 2 aliphatic carbocycles. The minimum absolute atomic E-state index is 0.429. The molecule has 2 heterocycles. The molecule has 1 aromatic heterocycles. The second kappa shape index (κ2) is 11.1. The van der Waals surface area contributed by atoms with Crippen LogP contribution in [-0.2, 0) is 4.74 Å². The minimum Gasteiger partial charge on any atom is -0.462 e. The highest BCUT2D eigenvalue weighted by Crippen LogP contribution is 2.42. The number of hydrogen-bond donors (Lipinski definition) is 1. The number of rotatable bonds is 11. The Morgan fingerprint density at radius 1 is 1.19 bits per heavy atom. The molecule has 0 spiro atoms. The Morgan fingerprint density at radius 3 is 2.68 bits per heavy atom. The van der Waals surface area contributed by atoms with E-state index in [4.69, 9.17) is 19.6 Å². The molecule has 0 radical (unpaired) electrons. The van der Waals surface area contributed by atoms with Gasteiger partial charge in [-0.3, -0.25) is 10.3 Å². The van der Waals surface area contributed by atoms with Gasteiger partial charge in [0.05, 0.1) is 13.2 Å². The van der Waals surface area contributed by atoms with Crippen molar-refractivity contribution in [1.29, 1.82) is 0 Å². The fourth-order valence-electron chi connectivity index (χ4n) is 4.96. The molecule has 8 heteroatoms. The van der Waals surface area contributed by atoms with Gasteiger partial charge in [-0.05, 0) is 50.4 Å². The Hall–Kier alpha value is -1.93. The van der Waals surface area contributed by atoms with E-state index in [2.05, 4.69) is 34.1 Å². The first-order valence-corrected chi connectivity index (χ1v) is 12.1. The molecule has 0 aromatic carbocycles. The number of hydrazone groups is 1. The number of nitrogens with one attached hydrogen (secondary N) is 1. The monoisotopic (exact) mass is 430 g/mol. The van der Waals surface area contributed by atoms with Crippen LogP contribution in [0.25, 0.3) is 0 Å². The number of ether oxygens (including phenoxy) is 2. The molecule has 172 valence electrons.